The Balaban J connectivity index is 3.11. The molecule has 1 rings (SSSR count). The van der Waals surface area contributed by atoms with E-state index in [0.29, 0.717) is 4.68 Å². The van der Waals surface area contributed by atoms with Crippen molar-refractivity contribution in [3.63, 3.8) is 0 Å². The molecule has 0 saturated carbocycles. The molecule has 15 heavy (non-hydrogen) atoms. The smallest absolute Gasteiger partial charge is 0.390 e. The SMILES string of the molecule is CC(O)Cn1nc([N+](=O)[O-])nc1[N+](=O)[O-]. The highest BCUT2D eigenvalue weighted by molar-refractivity contribution is 5.14. The fourth-order valence-electron chi connectivity index (χ4n) is 0.907. The summed E-state index contributed by atoms with van der Waals surface area (Å²) >= 11 is 0. The molecule has 1 heterocycles. The van der Waals surface area contributed by atoms with Crippen LogP contribution >= 0.6 is 0 Å². The Labute approximate surface area is 82.5 Å². The van der Waals surface area contributed by atoms with Crippen LogP contribution in [0, 0.1) is 20.2 Å². The fraction of sp³-hybridized carbons (Fsp3) is 0.600. The number of hydrogen-bond donors (Lipinski definition) is 1. The molecule has 0 fully saturated rings. The van der Waals surface area contributed by atoms with Crippen LogP contribution in [0.3, 0.4) is 0 Å². The van der Waals surface area contributed by atoms with E-state index in [1.165, 1.54) is 6.92 Å². The Bertz CT molecular complexity index is 399. The predicted molar refractivity (Wildman–Crippen MR) is 45.0 cm³/mol. The Morgan fingerprint density at radius 1 is 1.47 bits per heavy atom. The number of rotatable bonds is 4. The second-order valence-corrected chi connectivity index (χ2v) is 2.76. The minimum atomic E-state index is -0.939. The zero-order valence-electron chi connectivity index (χ0n) is 7.60. The molecule has 1 N–H and O–H groups in total. The maximum Gasteiger partial charge on any atom is 0.508 e. The molecule has 1 aromatic heterocycles. The van der Waals surface area contributed by atoms with E-state index in [4.69, 9.17) is 5.11 Å². The van der Waals surface area contributed by atoms with E-state index in [-0.39, 0.29) is 6.54 Å². The average molecular weight is 217 g/mol. The standard InChI is InChI=1S/C5H7N5O5/c1-3(11)2-8-5(10(14)15)6-4(7-8)9(12)13/h3,11H,2H2,1H3. The molecule has 0 radical (unpaired) electrons. The number of aromatic nitrogens is 3. The molecule has 0 aliphatic rings. The summed E-state index contributed by atoms with van der Waals surface area (Å²) in [6, 6.07) is 0. The summed E-state index contributed by atoms with van der Waals surface area (Å²) in [7, 11) is 0. The second kappa shape index (κ2) is 3.96. The lowest BCUT2D eigenvalue weighted by Crippen LogP contribution is -2.15. The topological polar surface area (TPSA) is 137 Å². The van der Waals surface area contributed by atoms with E-state index in [0.717, 1.165) is 0 Å². The van der Waals surface area contributed by atoms with Crippen molar-refractivity contribution in [2.75, 3.05) is 0 Å². The maximum absolute atomic E-state index is 10.4. The predicted octanol–water partition coefficient (Wildman–Crippen LogP) is -0.525. The van der Waals surface area contributed by atoms with Gasteiger partial charge in [-0.1, -0.05) is 4.68 Å². The van der Waals surface area contributed by atoms with Gasteiger partial charge in [-0.3, -0.25) is 0 Å². The summed E-state index contributed by atoms with van der Waals surface area (Å²) in [4.78, 5) is 21.9. The Morgan fingerprint density at radius 2 is 2.07 bits per heavy atom. The molecule has 1 atom stereocenters. The summed E-state index contributed by atoms with van der Waals surface area (Å²) in [5.74, 6) is -1.62. The molecule has 0 bridgehead atoms. The van der Waals surface area contributed by atoms with E-state index in [2.05, 4.69) is 10.1 Å². The van der Waals surface area contributed by atoms with Crippen molar-refractivity contribution in [2.45, 2.75) is 19.6 Å². The van der Waals surface area contributed by atoms with Gasteiger partial charge in [0.15, 0.2) is 0 Å². The second-order valence-electron chi connectivity index (χ2n) is 2.76. The van der Waals surface area contributed by atoms with Crippen LogP contribution in [0.5, 0.6) is 0 Å². The molecule has 0 spiro atoms. The number of hydrogen-bond acceptors (Lipinski definition) is 7. The van der Waals surface area contributed by atoms with Crippen LogP contribution in [-0.2, 0) is 6.54 Å². The molecule has 0 aliphatic carbocycles. The van der Waals surface area contributed by atoms with Crippen molar-refractivity contribution in [1.82, 2.24) is 14.8 Å². The molecule has 0 amide bonds. The summed E-state index contributed by atoms with van der Waals surface area (Å²) in [5, 5.41) is 32.9. The van der Waals surface area contributed by atoms with Crippen LogP contribution in [0.1, 0.15) is 6.92 Å². The first-order chi connectivity index (χ1) is 6.91. The molecule has 1 aromatic rings. The van der Waals surface area contributed by atoms with Gasteiger partial charge in [-0.2, -0.15) is 0 Å². The van der Waals surface area contributed by atoms with Crippen LogP contribution in [0.4, 0.5) is 11.9 Å². The molecule has 82 valence electrons. The van der Waals surface area contributed by atoms with Crippen LogP contribution in [0.2, 0.25) is 0 Å². The monoisotopic (exact) mass is 217 g/mol. The third-order valence-corrected chi connectivity index (χ3v) is 1.40. The van der Waals surface area contributed by atoms with Gasteiger partial charge in [0.1, 0.15) is 6.54 Å². The van der Waals surface area contributed by atoms with Gasteiger partial charge in [-0.15, -0.1) is 0 Å². The highest BCUT2D eigenvalue weighted by Gasteiger charge is 2.28. The molecule has 10 nitrogen and oxygen atoms in total. The van der Waals surface area contributed by atoms with Crippen molar-refractivity contribution in [2.24, 2.45) is 0 Å². The normalized spacial score (nSPS) is 12.4. The van der Waals surface area contributed by atoms with Gasteiger partial charge in [-0.25, -0.2) is 0 Å². The van der Waals surface area contributed by atoms with Gasteiger partial charge >= 0.3 is 11.9 Å². The minimum absolute atomic E-state index is 0.225. The molecule has 0 saturated heterocycles. The summed E-state index contributed by atoms with van der Waals surface area (Å²) < 4.78 is 0.683. The van der Waals surface area contributed by atoms with E-state index >= 15 is 0 Å². The highest BCUT2D eigenvalue weighted by Crippen LogP contribution is 2.13. The Kier molecular flexibility index (Phi) is 2.90. The summed E-state index contributed by atoms with van der Waals surface area (Å²) in [5.41, 5.74) is 0. The average Bonchev–Trinajstić information content (AvgIpc) is 2.46. The third-order valence-electron chi connectivity index (χ3n) is 1.40. The van der Waals surface area contributed by atoms with E-state index < -0.39 is 27.8 Å². The lowest BCUT2D eigenvalue weighted by atomic mass is 10.4. The van der Waals surface area contributed by atoms with Gasteiger partial charge in [0, 0.05) is 4.98 Å². The number of aliphatic hydroxyl groups excluding tert-OH is 1. The molecular weight excluding hydrogens is 210 g/mol. The van der Waals surface area contributed by atoms with Gasteiger partial charge in [0.05, 0.1) is 11.2 Å². The lowest BCUT2D eigenvalue weighted by Gasteiger charge is -1.98. The first-order valence-electron chi connectivity index (χ1n) is 3.83. The lowest BCUT2D eigenvalue weighted by molar-refractivity contribution is -0.404. The Morgan fingerprint density at radius 3 is 2.47 bits per heavy atom. The van der Waals surface area contributed by atoms with Crippen LogP contribution < -0.4 is 0 Å². The van der Waals surface area contributed by atoms with Crippen molar-refractivity contribution in [3.05, 3.63) is 20.2 Å². The maximum atomic E-state index is 10.4. The summed E-state index contributed by atoms with van der Waals surface area (Å²) in [6.45, 7) is 1.15. The number of nitrogens with zero attached hydrogens (tertiary/aromatic N) is 5. The van der Waals surface area contributed by atoms with E-state index in [1.807, 2.05) is 0 Å². The molecule has 0 aromatic carbocycles. The van der Waals surface area contributed by atoms with Gasteiger partial charge in [0.2, 0.25) is 0 Å². The fourth-order valence-corrected chi connectivity index (χ4v) is 0.907. The van der Waals surface area contributed by atoms with Crippen LogP contribution in [0.15, 0.2) is 0 Å². The van der Waals surface area contributed by atoms with E-state index in [9.17, 15) is 20.2 Å². The molecule has 0 aliphatic heterocycles. The molecular formula is C5H7N5O5. The van der Waals surface area contributed by atoms with Crippen molar-refractivity contribution >= 4 is 11.9 Å². The van der Waals surface area contributed by atoms with Gasteiger partial charge < -0.3 is 25.3 Å². The first kappa shape index (κ1) is 11.0. The van der Waals surface area contributed by atoms with Crippen molar-refractivity contribution in [1.29, 1.82) is 0 Å². The quantitative estimate of drug-likeness (QED) is 0.528. The third kappa shape index (κ3) is 2.43. The van der Waals surface area contributed by atoms with E-state index in [1.54, 1.807) is 0 Å². The zero-order valence-corrected chi connectivity index (χ0v) is 7.60. The zero-order chi connectivity index (χ0) is 11.6. The Hall–Kier alpha value is -2.10. The van der Waals surface area contributed by atoms with Gasteiger partial charge in [0.25, 0.3) is 0 Å². The number of aliphatic hydroxyl groups is 1. The van der Waals surface area contributed by atoms with Gasteiger partial charge in [-0.05, 0) is 16.8 Å². The number of nitro groups is 2. The first-order valence-corrected chi connectivity index (χ1v) is 3.83. The highest BCUT2D eigenvalue weighted by atomic mass is 16.6. The molecule has 10 heteroatoms. The summed E-state index contributed by atoms with van der Waals surface area (Å²) in [6.07, 6.45) is -0.912. The van der Waals surface area contributed by atoms with Crippen LogP contribution in [0.25, 0.3) is 0 Å². The largest absolute Gasteiger partial charge is 0.508 e. The molecule has 1 unspecified atom stereocenters. The minimum Gasteiger partial charge on any atom is -0.390 e. The van der Waals surface area contributed by atoms with Crippen LogP contribution in [-0.4, -0.2) is 35.8 Å². The van der Waals surface area contributed by atoms with Crippen molar-refractivity contribution in [3.8, 4) is 0 Å². The van der Waals surface area contributed by atoms with Crippen molar-refractivity contribution < 1.29 is 15.0 Å².